The van der Waals surface area contributed by atoms with Gasteiger partial charge in [0.1, 0.15) is 11.7 Å². The topological polar surface area (TPSA) is 90.5 Å². The molecular formula is C17H22N4O3. The number of carbonyl (C=O) groups excluding carboxylic acids is 3. The van der Waals surface area contributed by atoms with E-state index in [1.165, 1.54) is 0 Å². The molecule has 1 spiro atoms. The van der Waals surface area contributed by atoms with Gasteiger partial charge < -0.3 is 20.9 Å². The lowest BCUT2D eigenvalue weighted by atomic mass is 9.95. The number of benzene rings is 1. The fourth-order valence-corrected chi connectivity index (χ4v) is 3.40. The molecule has 2 heterocycles. The molecule has 2 aliphatic rings. The van der Waals surface area contributed by atoms with Gasteiger partial charge in [0.05, 0.1) is 5.56 Å². The highest BCUT2D eigenvalue weighted by atomic mass is 16.2. The molecule has 3 N–H and O–H groups in total. The molecule has 1 fully saturated rings. The molecule has 0 bridgehead atoms. The van der Waals surface area contributed by atoms with Crippen LogP contribution < -0.4 is 16.0 Å². The van der Waals surface area contributed by atoms with E-state index in [1.54, 1.807) is 24.9 Å². The molecule has 3 rings (SSSR count). The number of hydrogen-bond donors (Lipinski definition) is 3. The van der Waals surface area contributed by atoms with Crippen LogP contribution in [0.4, 0.5) is 5.69 Å². The van der Waals surface area contributed by atoms with Crippen LogP contribution in [0.3, 0.4) is 0 Å². The van der Waals surface area contributed by atoms with Crippen molar-refractivity contribution in [3.63, 3.8) is 0 Å². The summed E-state index contributed by atoms with van der Waals surface area (Å²) < 4.78 is 0. The van der Waals surface area contributed by atoms with Gasteiger partial charge in [-0.05, 0) is 25.5 Å². The van der Waals surface area contributed by atoms with Crippen molar-refractivity contribution in [2.75, 3.05) is 18.9 Å². The molecule has 24 heavy (non-hydrogen) atoms. The lowest BCUT2D eigenvalue weighted by Crippen LogP contribution is -2.58. The Hall–Kier alpha value is -2.57. The van der Waals surface area contributed by atoms with Crippen LogP contribution in [-0.2, 0) is 9.59 Å². The van der Waals surface area contributed by atoms with Gasteiger partial charge in [-0.2, -0.15) is 0 Å². The molecule has 1 saturated heterocycles. The zero-order chi connectivity index (χ0) is 17.3. The van der Waals surface area contributed by atoms with E-state index in [9.17, 15) is 14.4 Å². The van der Waals surface area contributed by atoms with Gasteiger partial charge in [0.15, 0.2) is 0 Å². The fourth-order valence-electron chi connectivity index (χ4n) is 3.40. The van der Waals surface area contributed by atoms with Crippen molar-refractivity contribution in [1.82, 2.24) is 15.5 Å². The minimum absolute atomic E-state index is 0.0714. The summed E-state index contributed by atoms with van der Waals surface area (Å²) in [6.45, 7) is 2.12. The van der Waals surface area contributed by atoms with Crippen molar-refractivity contribution < 1.29 is 14.4 Å². The zero-order valence-corrected chi connectivity index (χ0v) is 13.9. The summed E-state index contributed by atoms with van der Waals surface area (Å²) in [4.78, 5) is 38.3. The van der Waals surface area contributed by atoms with Gasteiger partial charge in [-0.15, -0.1) is 0 Å². The molecule has 2 aliphatic heterocycles. The molecular weight excluding hydrogens is 308 g/mol. The van der Waals surface area contributed by atoms with E-state index < -0.39 is 11.7 Å². The quantitative estimate of drug-likeness (QED) is 0.744. The first-order valence-corrected chi connectivity index (χ1v) is 8.16. The number of likely N-dealkylation sites (N-methyl/N-ethyl adjacent to an activating group) is 1. The average molecular weight is 330 g/mol. The number of hydrogen-bond acceptors (Lipinski definition) is 4. The Morgan fingerprint density at radius 3 is 2.75 bits per heavy atom. The third-order valence-electron chi connectivity index (χ3n) is 4.86. The van der Waals surface area contributed by atoms with E-state index in [0.717, 1.165) is 5.69 Å². The maximum absolute atomic E-state index is 12.4. The third kappa shape index (κ3) is 2.81. The number of anilines is 1. The number of nitrogens with zero attached hydrogens (tertiary/aromatic N) is 1. The molecule has 0 aliphatic carbocycles. The zero-order valence-electron chi connectivity index (χ0n) is 13.9. The maximum atomic E-state index is 12.4. The Labute approximate surface area is 140 Å². The SMILES string of the molecule is CNC(=O)[C@@H](C)N1CC[C@]2(CCC1=O)NC(=O)c1ccccc1N2. The van der Waals surface area contributed by atoms with Crippen LogP contribution in [0.2, 0.25) is 0 Å². The number of rotatable bonds is 2. The van der Waals surface area contributed by atoms with E-state index >= 15 is 0 Å². The highest BCUT2D eigenvalue weighted by Crippen LogP contribution is 2.31. The summed E-state index contributed by atoms with van der Waals surface area (Å²) in [5.41, 5.74) is 0.730. The van der Waals surface area contributed by atoms with Gasteiger partial charge in [-0.25, -0.2) is 0 Å². The van der Waals surface area contributed by atoms with Crippen molar-refractivity contribution in [1.29, 1.82) is 0 Å². The highest BCUT2D eigenvalue weighted by Gasteiger charge is 2.41. The van der Waals surface area contributed by atoms with Crippen LogP contribution in [0.25, 0.3) is 0 Å². The fraction of sp³-hybridized carbons (Fsp3) is 0.471. The van der Waals surface area contributed by atoms with Crippen LogP contribution >= 0.6 is 0 Å². The van der Waals surface area contributed by atoms with E-state index in [4.69, 9.17) is 0 Å². The van der Waals surface area contributed by atoms with Gasteiger partial charge in [-0.3, -0.25) is 14.4 Å². The molecule has 1 aromatic rings. The Kier molecular flexibility index (Phi) is 4.17. The van der Waals surface area contributed by atoms with E-state index in [1.807, 2.05) is 18.2 Å². The summed E-state index contributed by atoms with van der Waals surface area (Å²) >= 11 is 0. The van der Waals surface area contributed by atoms with E-state index in [2.05, 4.69) is 16.0 Å². The Morgan fingerprint density at radius 1 is 1.25 bits per heavy atom. The molecule has 0 saturated carbocycles. The average Bonchev–Trinajstić information content (AvgIpc) is 2.73. The second kappa shape index (κ2) is 6.14. The van der Waals surface area contributed by atoms with Gasteiger partial charge in [0.25, 0.3) is 5.91 Å². The minimum Gasteiger partial charge on any atom is -0.362 e. The third-order valence-corrected chi connectivity index (χ3v) is 4.86. The monoisotopic (exact) mass is 330 g/mol. The van der Waals surface area contributed by atoms with Crippen LogP contribution in [0, 0.1) is 0 Å². The van der Waals surface area contributed by atoms with Crippen LogP contribution in [0.15, 0.2) is 24.3 Å². The molecule has 2 atom stereocenters. The number of carbonyl (C=O) groups is 3. The summed E-state index contributed by atoms with van der Waals surface area (Å²) in [5, 5.41) is 8.99. The standard InChI is InChI=1S/C17H22N4O3/c1-11(15(23)18-2)21-10-9-17(8-7-14(21)22)19-13-6-4-3-5-12(13)16(24)20-17/h3-6,11,19H,7-10H2,1-2H3,(H,18,23)(H,20,24)/t11-,17+/m1/s1. The lowest BCUT2D eigenvalue weighted by Gasteiger charge is -2.40. The first-order valence-electron chi connectivity index (χ1n) is 8.16. The molecule has 128 valence electrons. The summed E-state index contributed by atoms with van der Waals surface area (Å²) in [7, 11) is 1.56. The maximum Gasteiger partial charge on any atom is 0.255 e. The minimum atomic E-state index is -0.655. The van der Waals surface area contributed by atoms with Gasteiger partial charge >= 0.3 is 0 Å². The van der Waals surface area contributed by atoms with Crippen molar-refractivity contribution in [3.05, 3.63) is 29.8 Å². The first-order chi connectivity index (χ1) is 11.5. The number of likely N-dealkylation sites (tertiary alicyclic amines) is 1. The second-order valence-electron chi connectivity index (χ2n) is 6.33. The Bertz CT molecular complexity index is 690. The predicted octanol–water partition coefficient (Wildman–Crippen LogP) is 0.685. The van der Waals surface area contributed by atoms with Gasteiger partial charge in [0, 0.05) is 32.1 Å². The van der Waals surface area contributed by atoms with Crippen molar-refractivity contribution in [3.8, 4) is 0 Å². The number of para-hydroxylation sites is 1. The summed E-state index contributed by atoms with van der Waals surface area (Å²) in [6.07, 6.45) is 1.31. The predicted molar refractivity (Wildman–Crippen MR) is 89.4 cm³/mol. The molecule has 1 aromatic carbocycles. The van der Waals surface area contributed by atoms with E-state index in [-0.39, 0.29) is 24.1 Å². The number of fused-ring (bicyclic) bond motifs is 1. The Balaban J connectivity index is 1.82. The molecule has 3 amide bonds. The van der Waals surface area contributed by atoms with Gasteiger partial charge in [-0.1, -0.05) is 12.1 Å². The molecule has 0 radical (unpaired) electrons. The smallest absolute Gasteiger partial charge is 0.255 e. The highest BCUT2D eigenvalue weighted by molar-refractivity contribution is 6.02. The number of nitrogens with one attached hydrogen (secondary N) is 3. The van der Waals surface area contributed by atoms with Crippen LogP contribution in [0.5, 0.6) is 0 Å². The van der Waals surface area contributed by atoms with Crippen LogP contribution in [-0.4, -0.2) is 47.9 Å². The molecule has 7 heteroatoms. The van der Waals surface area contributed by atoms with Crippen molar-refractivity contribution >= 4 is 23.4 Å². The lowest BCUT2D eigenvalue weighted by molar-refractivity contribution is -0.139. The van der Waals surface area contributed by atoms with Crippen LogP contribution in [0.1, 0.15) is 36.5 Å². The molecule has 7 nitrogen and oxygen atoms in total. The van der Waals surface area contributed by atoms with Crippen molar-refractivity contribution in [2.45, 2.75) is 37.9 Å². The second-order valence-corrected chi connectivity index (χ2v) is 6.33. The Morgan fingerprint density at radius 2 is 2.00 bits per heavy atom. The first kappa shape index (κ1) is 16.3. The summed E-state index contributed by atoms with van der Waals surface area (Å²) in [6, 6.07) is 6.81. The summed E-state index contributed by atoms with van der Waals surface area (Å²) in [5.74, 6) is -0.396. The normalized spacial score (nSPS) is 24.5. The van der Waals surface area contributed by atoms with Gasteiger partial charge in [0.2, 0.25) is 11.8 Å². The van der Waals surface area contributed by atoms with E-state index in [0.29, 0.717) is 24.9 Å². The molecule has 0 unspecified atom stereocenters. The molecule has 0 aromatic heterocycles. The van der Waals surface area contributed by atoms with Crippen molar-refractivity contribution in [2.24, 2.45) is 0 Å². The largest absolute Gasteiger partial charge is 0.362 e. The number of amides is 3.